The van der Waals surface area contributed by atoms with Gasteiger partial charge < -0.3 is 20.0 Å². The average Bonchev–Trinajstić information content (AvgIpc) is 3.22. The van der Waals surface area contributed by atoms with Gasteiger partial charge in [-0.25, -0.2) is 0 Å². The van der Waals surface area contributed by atoms with Gasteiger partial charge in [-0.2, -0.15) is 4.98 Å². The topological polar surface area (TPSA) is 87.5 Å². The van der Waals surface area contributed by atoms with E-state index in [0.29, 0.717) is 30.1 Å². The van der Waals surface area contributed by atoms with E-state index in [1.54, 1.807) is 0 Å². The second kappa shape index (κ2) is 9.20. The van der Waals surface area contributed by atoms with E-state index in [-0.39, 0.29) is 0 Å². The van der Waals surface area contributed by atoms with Crippen molar-refractivity contribution >= 4 is 34.6 Å². The molecule has 31 heavy (non-hydrogen) atoms. The number of carbonyl (C=O) groups excluding carboxylic acids is 2. The van der Waals surface area contributed by atoms with Crippen LogP contribution in [0.5, 0.6) is 0 Å². The highest BCUT2D eigenvalue weighted by Crippen LogP contribution is 2.26. The quantitative estimate of drug-likeness (QED) is 0.611. The molecule has 2 amide bonds. The lowest BCUT2D eigenvalue weighted by atomic mass is 9.97. The van der Waals surface area contributed by atoms with Gasteiger partial charge in [0.25, 0.3) is 6.01 Å². The smallest absolute Gasteiger partial charge is 0.313 e. The fraction of sp³-hybridized carbons (Fsp3) is 0.375. The van der Waals surface area contributed by atoms with Crippen LogP contribution in [0.2, 0.25) is 0 Å². The van der Waals surface area contributed by atoms with Crippen LogP contribution in [0.15, 0.2) is 52.9 Å². The van der Waals surface area contributed by atoms with Gasteiger partial charge in [-0.1, -0.05) is 38.1 Å². The molecule has 4 rings (SSSR count). The van der Waals surface area contributed by atoms with E-state index in [9.17, 15) is 9.59 Å². The number of nitrogens with one attached hydrogen (secondary N) is 2. The van der Waals surface area contributed by atoms with E-state index in [1.807, 2.05) is 48.5 Å². The molecule has 0 bridgehead atoms. The number of benzene rings is 2. The van der Waals surface area contributed by atoms with Crippen LogP contribution in [0.1, 0.15) is 38.2 Å². The first-order valence-corrected chi connectivity index (χ1v) is 10.8. The summed E-state index contributed by atoms with van der Waals surface area (Å²) < 4.78 is 5.84. The zero-order valence-corrected chi connectivity index (χ0v) is 17.9. The lowest BCUT2D eigenvalue weighted by Crippen LogP contribution is -2.41. The van der Waals surface area contributed by atoms with E-state index in [4.69, 9.17) is 4.42 Å². The molecule has 0 radical (unpaired) electrons. The van der Waals surface area contributed by atoms with Crippen LogP contribution >= 0.6 is 0 Å². The molecule has 0 spiro atoms. The lowest BCUT2D eigenvalue weighted by molar-refractivity contribution is -0.136. The van der Waals surface area contributed by atoms with Crippen LogP contribution in [-0.4, -0.2) is 36.4 Å². The minimum absolute atomic E-state index is 0.322. The van der Waals surface area contributed by atoms with Gasteiger partial charge >= 0.3 is 11.8 Å². The molecule has 0 unspecified atom stereocenters. The predicted molar refractivity (Wildman–Crippen MR) is 121 cm³/mol. The van der Waals surface area contributed by atoms with Gasteiger partial charge in [0.2, 0.25) is 0 Å². The van der Waals surface area contributed by atoms with Gasteiger partial charge in [-0.05, 0) is 54.5 Å². The third-order valence-corrected chi connectivity index (χ3v) is 5.76. The molecule has 1 aromatic heterocycles. The Hall–Kier alpha value is -3.35. The maximum Gasteiger partial charge on any atom is 0.313 e. The largest absolute Gasteiger partial charge is 0.423 e. The van der Waals surface area contributed by atoms with Gasteiger partial charge in [0.05, 0.1) is 0 Å². The summed E-state index contributed by atoms with van der Waals surface area (Å²) in [6.07, 6.45) is 1.80. The fourth-order valence-electron chi connectivity index (χ4n) is 3.78. The Morgan fingerprint density at radius 2 is 1.77 bits per heavy atom. The molecule has 1 fully saturated rings. The molecule has 1 aliphatic rings. The Morgan fingerprint density at radius 1 is 1.06 bits per heavy atom. The lowest BCUT2D eigenvalue weighted by Gasteiger charge is -2.30. The van der Waals surface area contributed by atoms with Crippen LogP contribution in [-0.2, 0) is 9.59 Å². The molecular weight excluding hydrogens is 392 g/mol. The number of hydrogen-bond acceptors (Lipinski definition) is 5. The minimum atomic E-state index is -0.638. The number of para-hydroxylation sites is 2. The molecule has 0 saturated carbocycles. The number of rotatable bonds is 5. The molecule has 0 atom stereocenters. The average molecular weight is 421 g/mol. The number of piperidine rings is 1. The number of aromatic nitrogens is 1. The number of carbonyl (C=O) groups is 2. The number of anilines is 2. The third kappa shape index (κ3) is 5.05. The summed E-state index contributed by atoms with van der Waals surface area (Å²) in [4.78, 5) is 31.0. The zero-order valence-electron chi connectivity index (χ0n) is 17.9. The highest BCUT2D eigenvalue weighted by Gasteiger charge is 2.24. The summed E-state index contributed by atoms with van der Waals surface area (Å²) in [7, 11) is 0. The molecule has 2 heterocycles. The van der Waals surface area contributed by atoms with Gasteiger partial charge in [0.15, 0.2) is 5.58 Å². The number of fused-ring (bicyclic) bond motifs is 1. The van der Waals surface area contributed by atoms with Crippen molar-refractivity contribution < 1.29 is 14.0 Å². The van der Waals surface area contributed by atoms with Crippen molar-refractivity contribution in [3.05, 3.63) is 54.1 Å². The minimum Gasteiger partial charge on any atom is -0.423 e. The first-order chi connectivity index (χ1) is 15.0. The van der Waals surface area contributed by atoms with E-state index in [2.05, 4.69) is 34.4 Å². The van der Waals surface area contributed by atoms with Crippen molar-refractivity contribution in [1.82, 2.24) is 10.3 Å². The van der Waals surface area contributed by atoms with E-state index in [1.165, 1.54) is 5.56 Å². The van der Waals surface area contributed by atoms with Crippen molar-refractivity contribution in [1.29, 1.82) is 0 Å². The molecule has 7 nitrogen and oxygen atoms in total. The van der Waals surface area contributed by atoms with Crippen molar-refractivity contribution in [2.24, 2.45) is 5.92 Å². The highest BCUT2D eigenvalue weighted by molar-refractivity contribution is 6.39. The number of nitrogens with zero attached hydrogens (tertiary/aromatic N) is 2. The second-order valence-electron chi connectivity index (χ2n) is 8.34. The zero-order chi connectivity index (χ0) is 21.8. The first kappa shape index (κ1) is 20.9. The monoisotopic (exact) mass is 420 g/mol. The predicted octanol–water partition coefficient (Wildman–Crippen LogP) is 3.92. The van der Waals surface area contributed by atoms with Crippen molar-refractivity contribution in [3.8, 4) is 0 Å². The van der Waals surface area contributed by atoms with E-state index >= 15 is 0 Å². The van der Waals surface area contributed by atoms with Gasteiger partial charge in [-0.15, -0.1) is 0 Å². The van der Waals surface area contributed by atoms with Crippen molar-refractivity contribution in [3.63, 3.8) is 0 Å². The van der Waals surface area contributed by atoms with Gasteiger partial charge in [-0.3, -0.25) is 9.59 Å². The van der Waals surface area contributed by atoms with E-state index in [0.717, 1.165) is 37.0 Å². The Bertz CT molecular complexity index is 1020. The standard InChI is InChI=1S/C24H28N4O3/c1-16(2)18-7-9-19(10-8-18)26-23(30)22(29)25-15-17-11-13-28(14-12-17)24-27-20-5-3-4-6-21(20)31-24/h3-10,16-17H,11-15H2,1-2H3,(H,25,29)(H,26,30). The molecular formula is C24H28N4O3. The highest BCUT2D eigenvalue weighted by atomic mass is 16.4. The molecule has 0 aliphatic carbocycles. The molecule has 7 heteroatoms. The maximum atomic E-state index is 12.2. The van der Waals surface area contributed by atoms with Crippen molar-refractivity contribution in [2.75, 3.05) is 29.9 Å². The van der Waals surface area contributed by atoms with Gasteiger partial charge in [0, 0.05) is 25.3 Å². The number of oxazole rings is 1. The summed E-state index contributed by atoms with van der Waals surface area (Å²) in [5.41, 5.74) is 3.45. The normalized spacial score (nSPS) is 14.7. The summed E-state index contributed by atoms with van der Waals surface area (Å²) in [6, 6.07) is 15.9. The second-order valence-corrected chi connectivity index (χ2v) is 8.34. The Balaban J connectivity index is 1.22. The Labute approximate surface area is 181 Å². The molecule has 162 valence electrons. The number of amides is 2. The Kier molecular flexibility index (Phi) is 6.21. The summed E-state index contributed by atoms with van der Waals surface area (Å²) >= 11 is 0. The summed E-state index contributed by atoms with van der Waals surface area (Å²) in [6.45, 7) is 6.32. The van der Waals surface area contributed by atoms with Crippen LogP contribution in [0.3, 0.4) is 0 Å². The molecule has 1 aliphatic heterocycles. The summed E-state index contributed by atoms with van der Waals surface area (Å²) in [5, 5.41) is 5.43. The Morgan fingerprint density at radius 3 is 2.45 bits per heavy atom. The van der Waals surface area contributed by atoms with Crippen molar-refractivity contribution in [2.45, 2.75) is 32.6 Å². The SMILES string of the molecule is CC(C)c1ccc(NC(=O)C(=O)NCC2CCN(c3nc4ccccc4o3)CC2)cc1. The maximum absolute atomic E-state index is 12.2. The van der Waals surface area contributed by atoms with E-state index < -0.39 is 11.8 Å². The van der Waals surface area contributed by atoms with Crippen LogP contribution in [0.25, 0.3) is 11.1 Å². The number of hydrogen-bond donors (Lipinski definition) is 2. The molecule has 2 N–H and O–H groups in total. The summed E-state index contributed by atoms with van der Waals surface area (Å²) in [5.74, 6) is -0.500. The van der Waals surface area contributed by atoms with Gasteiger partial charge in [0.1, 0.15) is 5.52 Å². The first-order valence-electron chi connectivity index (χ1n) is 10.8. The molecule has 2 aromatic carbocycles. The fourth-order valence-corrected chi connectivity index (χ4v) is 3.78. The van der Waals surface area contributed by atoms with Crippen LogP contribution in [0.4, 0.5) is 11.7 Å². The van der Waals surface area contributed by atoms with Crippen LogP contribution < -0.4 is 15.5 Å². The van der Waals surface area contributed by atoms with Crippen LogP contribution in [0, 0.1) is 5.92 Å². The third-order valence-electron chi connectivity index (χ3n) is 5.76. The molecule has 1 saturated heterocycles. The molecule has 3 aromatic rings.